The van der Waals surface area contributed by atoms with Crippen LogP contribution >= 0.6 is 11.3 Å². The zero-order valence-corrected chi connectivity index (χ0v) is 8.66. The van der Waals surface area contributed by atoms with Gasteiger partial charge in [-0.1, -0.05) is 30.2 Å². The molecule has 4 heteroatoms. The molecule has 0 aliphatic rings. The summed E-state index contributed by atoms with van der Waals surface area (Å²) in [6.07, 6.45) is 0. The van der Waals surface area contributed by atoms with E-state index in [0.717, 1.165) is 11.3 Å². The topological polar surface area (TPSA) is 29.5 Å². The number of benzene rings is 2. The molecule has 0 fully saturated rings. The molecule has 1 radical (unpaired) electrons. The predicted molar refractivity (Wildman–Crippen MR) is 67.9 cm³/mol. The summed E-state index contributed by atoms with van der Waals surface area (Å²) in [5.74, 6) is -0.151. The highest BCUT2D eigenvalue weighted by Crippen LogP contribution is 2.38. The Balaban J connectivity index is 2.65. The number of hydrogen-bond acceptors (Lipinski definition) is 3. The second-order valence-corrected chi connectivity index (χ2v) is 3.96. The van der Waals surface area contributed by atoms with Gasteiger partial charge in [-0.05, 0) is 12.1 Å². The Morgan fingerprint density at radius 1 is 1.12 bits per heavy atom. The minimum atomic E-state index is -0.443. The van der Waals surface area contributed by atoms with Gasteiger partial charge in [-0.15, -0.1) is 11.3 Å². The molecule has 0 saturated carbocycles. The van der Waals surface area contributed by atoms with Gasteiger partial charge in [0.2, 0.25) is 0 Å². The monoisotopic (exact) mass is 234 g/mol. The summed E-state index contributed by atoms with van der Waals surface area (Å²) < 4.78 is 60.6. The van der Waals surface area contributed by atoms with Crippen molar-refractivity contribution in [1.29, 1.82) is 0 Å². The molecule has 0 atom stereocenters. The van der Waals surface area contributed by atoms with Crippen molar-refractivity contribution in [2.24, 2.45) is 0 Å². The van der Waals surface area contributed by atoms with Gasteiger partial charge in [-0.2, -0.15) is 0 Å². The minimum Gasteiger partial charge on any atom is -0.536 e. The van der Waals surface area contributed by atoms with Crippen LogP contribution in [0.4, 0.5) is 0 Å². The van der Waals surface area contributed by atoms with Crippen LogP contribution in [0, 0.1) is 0 Å². The zero-order valence-electron chi connectivity index (χ0n) is 14.8. The van der Waals surface area contributed by atoms with E-state index in [1.54, 1.807) is 0 Å². The minimum absolute atomic E-state index is 0.120. The first kappa shape index (κ1) is 4.78. The van der Waals surface area contributed by atoms with Crippen LogP contribution in [-0.2, 0) is 0 Å². The third-order valence-electron chi connectivity index (χ3n) is 2.07. The third-order valence-corrected chi connectivity index (χ3v) is 3.18. The second kappa shape index (κ2) is 3.81. The number of fused-ring (bicyclic) bond motifs is 3. The van der Waals surface area contributed by atoms with Gasteiger partial charge >= 0.3 is 7.69 Å². The van der Waals surface area contributed by atoms with Gasteiger partial charge in [-0.3, -0.25) is 0 Å². The van der Waals surface area contributed by atoms with Gasteiger partial charge in [0.05, 0.1) is 14.3 Å². The summed E-state index contributed by atoms with van der Waals surface area (Å²) in [5, 5.41) is 9.11. The fourth-order valence-electron chi connectivity index (χ4n) is 1.44. The lowest BCUT2D eigenvalue weighted by Gasteiger charge is -2.01. The van der Waals surface area contributed by atoms with Crippen molar-refractivity contribution < 1.29 is 19.3 Å². The Morgan fingerprint density at radius 2 is 1.94 bits per heavy atom. The van der Waals surface area contributed by atoms with Gasteiger partial charge in [0.25, 0.3) is 0 Å². The summed E-state index contributed by atoms with van der Waals surface area (Å²) >= 11 is 0.939. The summed E-state index contributed by atoms with van der Waals surface area (Å²) in [6, 6.07) is -2.54. The van der Waals surface area contributed by atoms with Crippen LogP contribution in [0.15, 0.2) is 42.3 Å². The van der Waals surface area contributed by atoms with Gasteiger partial charge in [-0.25, -0.2) is 0 Å². The number of rotatable bonds is 2. The highest BCUT2D eigenvalue weighted by molar-refractivity contribution is 7.26. The molecule has 0 saturated heterocycles. The van der Waals surface area contributed by atoms with Crippen LogP contribution in [0.2, 0.25) is 0 Å². The Hall–Kier alpha value is -1.52. The average molecular weight is 234 g/mol. The molecule has 2 nitrogen and oxygen atoms in total. The maximum Gasteiger partial charge on any atom is 0.569 e. The lowest BCUT2D eigenvalue weighted by molar-refractivity contribution is 0.457. The Morgan fingerprint density at radius 3 is 2.81 bits per heavy atom. The van der Waals surface area contributed by atoms with E-state index in [0.29, 0.717) is 7.69 Å². The van der Waals surface area contributed by atoms with Crippen LogP contribution in [0.25, 0.3) is 20.2 Å². The van der Waals surface area contributed by atoms with Crippen LogP contribution in [-0.4, -0.2) is 12.7 Å². The molecule has 0 unspecified atom stereocenters. The normalized spacial score (nSPS) is 16.9. The Kier molecular flexibility index (Phi) is 1.14. The van der Waals surface area contributed by atoms with Gasteiger partial charge in [0.1, 0.15) is 5.75 Å². The molecule has 0 aliphatic carbocycles. The SMILES string of the molecule is [2H]c1c([2H])c([2H])c2c(sc3c(O[B]O)c([2H])c([2H])c([2H])c32)c1[2H]. The highest BCUT2D eigenvalue weighted by atomic mass is 32.1. The highest BCUT2D eigenvalue weighted by Gasteiger charge is 2.08. The van der Waals surface area contributed by atoms with E-state index >= 15 is 0 Å². The quantitative estimate of drug-likeness (QED) is 0.690. The first-order valence-electron chi connectivity index (χ1n) is 7.86. The van der Waals surface area contributed by atoms with Crippen molar-refractivity contribution in [1.82, 2.24) is 0 Å². The van der Waals surface area contributed by atoms with E-state index in [1.165, 1.54) is 0 Å². The zero-order chi connectivity index (χ0) is 17.0. The first-order valence-corrected chi connectivity index (χ1v) is 5.17. The van der Waals surface area contributed by atoms with Crippen molar-refractivity contribution in [2.45, 2.75) is 0 Å². The lowest BCUT2D eigenvalue weighted by Crippen LogP contribution is -1.99. The van der Waals surface area contributed by atoms with E-state index < -0.39 is 24.2 Å². The van der Waals surface area contributed by atoms with E-state index in [4.69, 9.17) is 19.3 Å². The van der Waals surface area contributed by atoms with E-state index in [-0.39, 0.29) is 44.0 Å². The number of hydrogen-bond donors (Lipinski definition) is 1. The summed E-state index contributed by atoms with van der Waals surface area (Å²) in [5.41, 5.74) is 0. The molecule has 0 spiro atoms. The van der Waals surface area contributed by atoms with Gasteiger partial charge in [0, 0.05) is 15.5 Å². The molecule has 77 valence electrons. The van der Waals surface area contributed by atoms with Crippen molar-refractivity contribution in [3.05, 3.63) is 42.3 Å². The van der Waals surface area contributed by atoms with Crippen molar-refractivity contribution in [3.63, 3.8) is 0 Å². The number of thiophene rings is 1. The molecule has 1 N–H and O–H groups in total. The molecule has 0 bridgehead atoms. The Bertz CT molecular complexity index is 972. The maximum atomic E-state index is 8.87. The molecular formula is C12H8BO2S. The molecule has 16 heavy (non-hydrogen) atoms. The van der Waals surface area contributed by atoms with Crippen LogP contribution in [0.3, 0.4) is 0 Å². The van der Waals surface area contributed by atoms with Crippen molar-refractivity contribution in [2.75, 3.05) is 0 Å². The van der Waals surface area contributed by atoms with E-state index in [1.807, 2.05) is 0 Å². The van der Waals surface area contributed by atoms with Gasteiger partial charge < -0.3 is 9.68 Å². The van der Waals surface area contributed by atoms with Crippen molar-refractivity contribution in [3.8, 4) is 5.75 Å². The molecule has 3 rings (SSSR count). The molecule has 0 amide bonds. The average Bonchev–Trinajstić information content (AvgIpc) is 2.93. The molecule has 1 heterocycles. The second-order valence-electron chi connectivity index (χ2n) is 2.94. The summed E-state index contributed by atoms with van der Waals surface area (Å²) in [6.45, 7) is 0. The summed E-state index contributed by atoms with van der Waals surface area (Å²) in [4.78, 5) is 0. The van der Waals surface area contributed by atoms with Gasteiger partial charge in [0.15, 0.2) is 0 Å². The molecule has 0 aliphatic heterocycles. The van der Waals surface area contributed by atoms with Crippen LogP contribution in [0.5, 0.6) is 5.75 Å². The van der Waals surface area contributed by atoms with E-state index in [2.05, 4.69) is 0 Å². The first-order chi connectivity index (χ1) is 10.8. The standard InChI is InChI=1S/C12H8BO2S/c14-13-15-10-6-3-5-9-8-4-1-2-7-11(8)16-12(9)10/h1-7,14H/i1D,2D,3D,4D,5D,6D,7D. The molecule has 3 aromatic rings. The van der Waals surface area contributed by atoms with Crippen LogP contribution < -0.4 is 4.65 Å². The molecule has 2 aromatic carbocycles. The fraction of sp³-hybridized carbons (Fsp3) is 0. The smallest absolute Gasteiger partial charge is 0.536 e. The van der Waals surface area contributed by atoms with E-state index in [9.17, 15) is 0 Å². The van der Waals surface area contributed by atoms with Crippen LogP contribution in [0.1, 0.15) is 9.60 Å². The third kappa shape index (κ3) is 1.38. The lowest BCUT2D eigenvalue weighted by atomic mass is 10.1. The van der Waals surface area contributed by atoms with Crippen molar-refractivity contribution >= 4 is 39.2 Å². The largest absolute Gasteiger partial charge is 0.569 e. The molecular weight excluding hydrogens is 219 g/mol. The molecule has 1 aromatic heterocycles. The Labute approximate surface area is 107 Å². The predicted octanol–water partition coefficient (Wildman–Crippen LogP) is 2.96. The summed E-state index contributed by atoms with van der Waals surface area (Å²) in [7, 11) is 0.356. The maximum absolute atomic E-state index is 8.87. The fourth-order valence-corrected chi connectivity index (χ4v) is 2.45.